The van der Waals surface area contributed by atoms with Crippen molar-refractivity contribution < 1.29 is 18.6 Å². The van der Waals surface area contributed by atoms with E-state index in [4.69, 9.17) is 37.4 Å². The van der Waals surface area contributed by atoms with E-state index < -0.39 is 5.82 Å². The molecule has 0 saturated carbocycles. The molecule has 0 spiro atoms. The molecule has 7 heteroatoms. The van der Waals surface area contributed by atoms with E-state index in [-0.39, 0.29) is 6.61 Å². The summed E-state index contributed by atoms with van der Waals surface area (Å²) >= 11 is 12.6. The Labute approximate surface area is 185 Å². The molecule has 0 radical (unpaired) electrons. The first kappa shape index (κ1) is 22.1. The zero-order chi connectivity index (χ0) is 21.5. The number of nitrogens with one attached hydrogen (secondary N) is 1. The van der Waals surface area contributed by atoms with E-state index in [0.717, 1.165) is 17.0 Å². The first-order chi connectivity index (χ1) is 14.5. The summed E-state index contributed by atoms with van der Waals surface area (Å²) in [6.45, 7) is 3.04. The van der Waals surface area contributed by atoms with Crippen molar-refractivity contribution in [3.05, 3.63) is 81.6 Å². The maximum atomic E-state index is 13.2. The topological polar surface area (TPSA) is 39.7 Å². The quantitative estimate of drug-likeness (QED) is 0.392. The molecule has 0 aliphatic carbocycles. The Morgan fingerprint density at radius 3 is 2.23 bits per heavy atom. The van der Waals surface area contributed by atoms with Crippen LogP contribution in [0.1, 0.15) is 18.1 Å². The molecule has 0 aliphatic heterocycles. The van der Waals surface area contributed by atoms with Crippen LogP contribution in [0.3, 0.4) is 0 Å². The molecule has 1 N–H and O–H groups in total. The number of rotatable bonds is 9. The lowest BCUT2D eigenvalue weighted by atomic mass is 10.2. The summed E-state index contributed by atoms with van der Waals surface area (Å²) in [5, 5.41) is 4.17. The highest BCUT2D eigenvalue weighted by Crippen LogP contribution is 2.35. The smallest absolute Gasteiger partial charge is 0.163 e. The van der Waals surface area contributed by atoms with Crippen LogP contribution in [0.25, 0.3) is 0 Å². The molecular weight excluding hydrogens is 428 g/mol. The number of benzene rings is 3. The Hall–Kier alpha value is -2.63. The number of ether oxygens (including phenoxy) is 3. The van der Waals surface area contributed by atoms with Crippen molar-refractivity contribution in [2.24, 2.45) is 0 Å². The van der Waals surface area contributed by atoms with E-state index in [1.54, 1.807) is 19.2 Å². The largest absolute Gasteiger partial charge is 0.497 e. The van der Waals surface area contributed by atoms with Crippen LogP contribution in [0.4, 0.5) is 10.1 Å². The Kier molecular flexibility index (Phi) is 7.66. The standard InChI is InChI=1S/C23H22Cl2FNO3/c1-3-29-22-10-16(13-27-18-6-8-19(28-2)9-7-18)21(25)12-23(22)30-14-15-4-5-17(26)11-20(15)24/h4-12,27H,3,13-14H2,1-2H3. The van der Waals surface area contributed by atoms with E-state index in [1.165, 1.54) is 12.1 Å². The van der Waals surface area contributed by atoms with Gasteiger partial charge in [-0.05, 0) is 55.0 Å². The molecule has 0 bridgehead atoms. The Morgan fingerprint density at radius 1 is 0.867 bits per heavy atom. The predicted octanol–water partition coefficient (Wildman–Crippen LogP) is 6.73. The van der Waals surface area contributed by atoms with Crippen molar-refractivity contribution >= 4 is 28.9 Å². The fourth-order valence-corrected chi connectivity index (χ4v) is 3.24. The minimum Gasteiger partial charge on any atom is -0.497 e. The maximum Gasteiger partial charge on any atom is 0.163 e. The second-order valence-electron chi connectivity index (χ2n) is 6.43. The van der Waals surface area contributed by atoms with Gasteiger partial charge in [0.25, 0.3) is 0 Å². The van der Waals surface area contributed by atoms with Crippen LogP contribution in [-0.2, 0) is 13.2 Å². The monoisotopic (exact) mass is 449 g/mol. The molecule has 0 unspecified atom stereocenters. The molecule has 30 heavy (non-hydrogen) atoms. The Balaban J connectivity index is 1.73. The molecule has 3 aromatic carbocycles. The summed E-state index contributed by atoms with van der Waals surface area (Å²) < 4.78 is 30.0. The van der Waals surface area contributed by atoms with E-state index in [2.05, 4.69) is 5.32 Å². The third-order valence-corrected chi connectivity index (χ3v) is 5.09. The Morgan fingerprint density at radius 2 is 1.57 bits per heavy atom. The number of methoxy groups -OCH3 is 1. The molecule has 0 fully saturated rings. The third-order valence-electron chi connectivity index (χ3n) is 4.38. The van der Waals surface area contributed by atoms with Crippen molar-refractivity contribution in [3.63, 3.8) is 0 Å². The van der Waals surface area contributed by atoms with Crippen LogP contribution < -0.4 is 19.5 Å². The minimum absolute atomic E-state index is 0.166. The summed E-state index contributed by atoms with van der Waals surface area (Å²) in [7, 11) is 1.63. The first-order valence-corrected chi connectivity index (χ1v) is 10.2. The molecule has 158 valence electrons. The van der Waals surface area contributed by atoms with Crippen LogP contribution in [0.15, 0.2) is 54.6 Å². The molecule has 0 atom stereocenters. The first-order valence-electron chi connectivity index (χ1n) is 9.40. The molecule has 0 aromatic heterocycles. The molecule has 0 amide bonds. The van der Waals surface area contributed by atoms with Crippen molar-refractivity contribution in [1.82, 2.24) is 0 Å². The highest BCUT2D eigenvalue weighted by molar-refractivity contribution is 6.31. The number of hydrogen-bond donors (Lipinski definition) is 1. The van der Waals surface area contributed by atoms with Crippen LogP contribution in [0.5, 0.6) is 17.2 Å². The number of halogens is 3. The van der Waals surface area contributed by atoms with Gasteiger partial charge in [-0.25, -0.2) is 4.39 Å². The van der Waals surface area contributed by atoms with Crippen LogP contribution in [0.2, 0.25) is 10.0 Å². The van der Waals surface area contributed by atoms with E-state index in [1.807, 2.05) is 37.3 Å². The van der Waals surface area contributed by atoms with Gasteiger partial charge in [-0.1, -0.05) is 29.3 Å². The van der Waals surface area contributed by atoms with Gasteiger partial charge < -0.3 is 19.5 Å². The summed E-state index contributed by atoms with van der Waals surface area (Å²) in [4.78, 5) is 0. The van der Waals surface area contributed by atoms with Gasteiger partial charge in [-0.3, -0.25) is 0 Å². The van der Waals surface area contributed by atoms with E-state index >= 15 is 0 Å². The fraction of sp³-hybridized carbons (Fsp3) is 0.217. The summed E-state index contributed by atoms with van der Waals surface area (Å²) in [5.74, 6) is 1.47. The van der Waals surface area contributed by atoms with Gasteiger partial charge in [0.05, 0.1) is 18.7 Å². The van der Waals surface area contributed by atoms with Gasteiger partial charge in [0, 0.05) is 28.9 Å². The van der Waals surface area contributed by atoms with E-state index in [9.17, 15) is 4.39 Å². The molecule has 4 nitrogen and oxygen atoms in total. The molecular formula is C23H22Cl2FNO3. The number of hydrogen-bond acceptors (Lipinski definition) is 4. The second kappa shape index (κ2) is 10.4. The normalized spacial score (nSPS) is 10.6. The van der Waals surface area contributed by atoms with E-state index in [0.29, 0.717) is 40.3 Å². The van der Waals surface area contributed by atoms with Crippen LogP contribution in [0, 0.1) is 5.82 Å². The van der Waals surface area contributed by atoms with Crippen LogP contribution in [-0.4, -0.2) is 13.7 Å². The summed E-state index contributed by atoms with van der Waals surface area (Å²) in [6, 6.07) is 15.4. The van der Waals surface area contributed by atoms with Crippen molar-refractivity contribution in [3.8, 4) is 17.2 Å². The highest BCUT2D eigenvalue weighted by Gasteiger charge is 2.13. The maximum absolute atomic E-state index is 13.2. The second-order valence-corrected chi connectivity index (χ2v) is 7.24. The lowest BCUT2D eigenvalue weighted by Crippen LogP contribution is -2.04. The SMILES string of the molecule is CCOc1cc(CNc2ccc(OC)cc2)c(Cl)cc1OCc1ccc(F)cc1Cl. The molecule has 0 saturated heterocycles. The lowest BCUT2D eigenvalue weighted by Gasteiger charge is -2.16. The zero-order valence-electron chi connectivity index (χ0n) is 16.7. The van der Waals surface area contributed by atoms with Crippen LogP contribution >= 0.6 is 23.2 Å². The van der Waals surface area contributed by atoms with Crippen molar-refractivity contribution in [1.29, 1.82) is 0 Å². The predicted molar refractivity (Wildman–Crippen MR) is 119 cm³/mol. The van der Waals surface area contributed by atoms with Gasteiger partial charge in [0.1, 0.15) is 18.2 Å². The highest BCUT2D eigenvalue weighted by atomic mass is 35.5. The average molecular weight is 450 g/mol. The Bertz CT molecular complexity index is 996. The van der Waals surface area contributed by atoms with Gasteiger partial charge in [0.15, 0.2) is 11.5 Å². The average Bonchev–Trinajstić information content (AvgIpc) is 2.74. The number of anilines is 1. The molecule has 3 rings (SSSR count). The summed E-state index contributed by atoms with van der Waals surface area (Å²) in [5.41, 5.74) is 2.47. The third kappa shape index (κ3) is 5.71. The molecule has 0 heterocycles. The zero-order valence-corrected chi connectivity index (χ0v) is 18.2. The lowest BCUT2D eigenvalue weighted by molar-refractivity contribution is 0.269. The van der Waals surface area contributed by atoms with Gasteiger partial charge >= 0.3 is 0 Å². The van der Waals surface area contributed by atoms with Gasteiger partial charge in [-0.2, -0.15) is 0 Å². The summed E-state index contributed by atoms with van der Waals surface area (Å²) in [6.07, 6.45) is 0. The molecule has 0 aliphatic rings. The van der Waals surface area contributed by atoms with Gasteiger partial charge in [0.2, 0.25) is 0 Å². The van der Waals surface area contributed by atoms with Gasteiger partial charge in [-0.15, -0.1) is 0 Å². The van der Waals surface area contributed by atoms with Crippen molar-refractivity contribution in [2.45, 2.75) is 20.1 Å². The fourth-order valence-electron chi connectivity index (χ4n) is 2.79. The minimum atomic E-state index is -0.393. The molecule has 3 aromatic rings. The van der Waals surface area contributed by atoms with Crippen molar-refractivity contribution in [2.75, 3.05) is 19.0 Å².